The van der Waals surface area contributed by atoms with E-state index in [4.69, 9.17) is 10.3 Å². The summed E-state index contributed by atoms with van der Waals surface area (Å²) in [4.78, 5) is 9.35. The number of nitrogen functional groups attached to an aromatic ring is 1. The van der Waals surface area contributed by atoms with Crippen molar-refractivity contribution in [2.75, 3.05) is 5.73 Å². The fraction of sp³-hybridized carbons (Fsp3) is 0.364. The maximum absolute atomic E-state index is 5.51. The van der Waals surface area contributed by atoms with Gasteiger partial charge in [0, 0.05) is 17.5 Å². The molecule has 0 amide bonds. The second-order valence-electron chi connectivity index (χ2n) is 3.56. The molecule has 0 unspecified atom stereocenters. The number of aromatic nitrogens is 3. The molecular weight excluding hydrogens is 236 g/mol. The molecule has 2 rings (SSSR count). The van der Waals surface area contributed by atoms with Gasteiger partial charge in [0.05, 0.1) is 5.75 Å². The maximum Gasteiger partial charge on any atom is 0.226 e. The molecule has 2 aromatic rings. The van der Waals surface area contributed by atoms with Gasteiger partial charge >= 0.3 is 0 Å². The number of hydrogen-bond donors (Lipinski definition) is 1. The Morgan fingerprint density at radius 1 is 1.41 bits per heavy atom. The number of anilines is 1. The summed E-state index contributed by atoms with van der Waals surface area (Å²) in [7, 11) is 0. The van der Waals surface area contributed by atoms with Crippen LogP contribution in [0.3, 0.4) is 0 Å². The third kappa shape index (κ3) is 3.45. The van der Waals surface area contributed by atoms with Crippen molar-refractivity contribution in [2.24, 2.45) is 0 Å². The van der Waals surface area contributed by atoms with Crippen molar-refractivity contribution in [2.45, 2.75) is 30.4 Å². The van der Waals surface area contributed by atoms with Crippen LogP contribution in [0, 0.1) is 0 Å². The summed E-state index contributed by atoms with van der Waals surface area (Å²) in [5.41, 5.74) is 5.51. The molecule has 0 aliphatic heterocycles. The lowest BCUT2D eigenvalue weighted by molar-refractivity contribution is 0.373. The molecule has 0 atom stereocenters. The molecule has 0 radical (unpaired) electrons. The van der Waals surface area contributed by atoms with Crippen LogP contribution in [0.25, 0.3) is 0 Å². The van der Waals surface area contributed by atoms with Gasteiger partial charge in [-0.3, -0.25) is 0 Å². The minimum absolute atomic E-state index is 0.527. The summed E-state index contributed by atoms with van der Waals surface area (Å²) < 4.78 is 5.10. The maximum atomic E-state index is 5.51. The number of pyridine rings is 1. The Balaban J connectivity index is 1.90. The van der Waals surface area contributed by atoms with Crippen molar-refractivity contribution in [1.29, 1.82) is 0 Å². The van der Waals surface area contributed by atoms with Crippen LogP contribution in [-0.2, 0) is 12.2 Å². The summed E-state index contributed by atoms with van der Waals surface area (Å²) >= 11 is 1.61. The Kier molecular flexibility index (Phi) is 3.98. The molecule has 0 aliphatic rings. The van der Waals surface area contributed by atoms with Crippen LogP contribution >= 0.6 is 11.8 Å². The lowest BCUT2D eigenvalue weighted by atomic mass is 10.3. The summed E-state index contributed by atoms with van der Waals surface area (Å²) in [5.74, 6) is 2.63. The average molecular weight is 250 g/mol. The Hall–Kier alpha value is -1.56. The minimum Gasteiger partial charge on any atom is -0.384 e. The van der Waals surface area contributed by atoms with Gasteiger partial charge in [-0.1, -0.05) is 12.1 Å². The number of aryl methyl sites for hydroxylation is 1. The highest BCUT2D eigenvalue weighted by Crippen LogP contribution is 2.21. The van der Waals surface area contributed by atoms with Crippen LogP contribution in [0.1, 0.15) is 25.1 Å². The van der Waals surface area contributed by atoms with Gasteiger partial charge in [-0.25, -0.2) is 4.98 Å². The van der Waals surface area contributed by atoms with Crippen molar-refractivity contribution in [3.05, 3.63) is 30.0 Å². The largest absolute Gasteiger partial charge is 0.384 e. The normalized spacial score (nSPS) is 10.6. The number of hydrogen-bond acceptors (Lipinski definition) is 6. The highest BCUT2D eigenvalue weighted by Gasteiger charge is 2.05. The highest BCUT2D eigenvalue weighted by atomic mass is 32.2. The van der Waals surface area contributed by atoms with E-state index in [0.29, 0.717) is 17.5 Å². The zero-order valence-electron chi connectivity index (χ0n) is 9.59. The average Bonchev–Trinajstić information content (AvgIpc) is 2.77. The van der Waals surface area contributed by atoms with Gasteiger partial charge in [-0.15, -0.1) is 11.8 Å². The van der Waals surface area contributed by atoms with Crippen LogP contribution in [0.5, 0.6) is 0 Å². The van der Waals surface area contributed by atoms with E-state index in [2.05, 4.69) is 22.0 Å². The summed E-state index contributed by atoms with van der Waals surface area (Å²) in [5, 5.41) is 3.92. The van der Waals surface area contributed by atoms with E-state index in [0.717, 1.165) is 23.6 Å². The predicted octanol–water partition coefficient (Wildman–Crippen LogP) is 2.29. The van der Waals surface area contributed by atoms with Crippen molar-refractivity contribution in [1.82, 2.24) is 15.1 Å². The highest BCUT2D eigenvalue weighted by molar-refractivity contribution is 7.98. The van der Waals surface area contributed by atoms with Crippen molar-refractivity contribution in [3.63, 3.8) is 0 Å². The number of nitrogens with zero attached hydrogens (tertiary/aromatic N) is 3. The molecule has 90 valence electrons. The second kappa shape index (κ2) is 5.67. The first kappa shape index (κ1) is 11.9. The van der Waals surface area contributed by atoms with E-state index >= 15 is 0 Å². The summed E-state index contributed by atoms with van der Waals surface area (Å²) in [6, 6.07) is 3.71. The minimum atomic E-state index is 0.527. The predicted molar refractivity (Wildman–Crippen MR) is 66.5 cm³/mol. The summed E-state index contributed by atoms with van der Waals surface area (Å²) in [6.45, 7) is 2.08. The van der Waals surface area contributed by atoms with Crippen molar-refractivity contribution in [3.8, 4) is 0 Å². The third-order valence-electron chi connectivity index (χ3n) is 2.10. The monoisotopic (exact) mass is 250 g/mol. The first-order valence-corrected chi connectivity index (χ1v) is 6.42. The zero-order valence-corrected chi connectivity index (χ0v) is 10.4. The van der Waals surface area contributed by atoms with Crippen LogP contribution < -0.4 is 5.73 Å². The fourth-order valence-corrected chi connectivity index (χ4v) is 1.99. The van der Waals surface area contributed by atoms with Crippen LogP contribution in [0.4, 0.5) is 5.82 Å². The van der Waals surface area contributed by atoms with E-state index in [1.54, 1.807) is 24.0 Å². The van der Waals surface area contributed by atoms with E-state index in [1.807, 2.05) is 6.07 Å². The first-order valence-electron chi connectivity index (χ1n) is 5.43. The first-order chi connectivity index (χ1) is 8.28. The van der Waals surface area contributed by atoms with Crippen LogP contribution in [0.2, 0.25) is 0 Å². The fourth-order valence-electron chi connectivity index (χ4n) is 1.29. The molecule has 6 heteroatoms. The van der Waals surface area contributed by atoms with Gasteiger partial charge in [-0.2, -0.15) is 4.98 Å². The van der Waals surface area contributed by atoms with Crippen molar-refractivity contribution < 1.29 is 4.52 Å². The van der Waals surface area contributed by atoms with Crippen LogP contribution in [-0.4, -0.2) is 15.1 Å². The SMILES string of the molecule is CCCc1nc(CSc2ccc(N)nc2)no1. The Morgan fingerprint density at radius 2 is 2.29 bits per heavy atom. The van der Waals surface area contributed by atoms with E-state index < -0.39 is 0 Å². The Labute approximate surface area is 104 Å². The molecule has 0 aromatic carbocycles. The molecule has 5 nitrogen and oxygen atoms in total. The number of rotatable bonds is 5. The topological polar surface area (TPSA) is 77.8 Å². The molecule has 0 bridgehead atoms. The Morgan fingerprint density at radius 3 is 3.00 bits per heavy atom. The van der Waals surface area contributed by atoms with Gasteiger partial charge in [0.2, 0.25) is 5.89 Å². The smallest absolute Gasteiger partial charge is 0.226 e. The van der Waals surface area contributed by atoms with Gasteiger partial charge in [-0.05, 0) is 18.6 Å². The standard InChI is InChI=1S/C11H14N4OS/c1-2-3-11-14-10(15-16-11)7-17-8-4-5-9(12)13-6-8/h4-6H,2-3,7H2,1H3,(H2,12,13). The van der Waals surface area contributed by atoms with Crippen molar-refractivity contribution >= 4 is 17.6 Å². The molecule has 2 N–H and O–H groups in total. The molecule has 17 heavy (non-hydrogen) atoms. The van der Waals surface area contributed by atoms with Crippen LogP contribution in [0.15, 0.2) is 27.7 Å². The molecule has 0 aliphatic carbocycles. The van der Waals surface area contributed by atoms with E-state index in [-0.39, 0.29) is 0 Å². The molecule has 2 aromatic heterocycles. The molecule has 2 heterocycles. The van der Waals surface area contributed by atoms with Gasteiger partial charge in [0.1, 0.15) is 5.82 Å². The number of nitrogens with two attached hydrogens (primary N) is 1. The third-order valence-corrected chi connectivity index (χ3v) is 3.08. The lowest BCUT2D eigenvalue weighted by Gasteiger charge is -1.97. The van der Waals surface area contributed by atoms with E-state index in [9.17, 15) is 0 Å². The molecule has 0 spiro atoms. The van der Waals surface area contributed by atoms with Gasteiger partial charge in [0.15, 0.2) is 5.82 Å². The molecule has 0 fully saturated rings. The molecular formula is C11H14N4OS. The number of thioether (sulfide) groups is 1. The quantitative estimate of drug-likeness (QED) is 0.820. The molecule has 0 saturated heterocycles. The van der Waals surface area contributed by atoms with E-state index in [1.165, 1.54) is 0 Å². The second-order valence-corrected chi connectivity index (χ2v) is 4.61. The lowest BCUT2D eigenvalue weighted by Crippen LogP contribution is -1.89. The van der Waals surface area contributed by atoms with Gasteiger partial charge in [0.25, 0.3) is 0 Å². The zero-order chi connectivity index (χ0) is 12.1. The van der Waals surface area contributed by atoms with Gasteiger partial charge < -0.3 is 10.3 Å². The summed E-state index contributed by atoms with van der Waals surface area (Å²) in [6.07, 6.45) is 3.59. The Bertz CT molecular complexity index is 469. The molecule has 0 saturated carbocycles.